The van der Waals surface area contributed by atoms with Crippen LogP contribution in [0.1, 0.15) is 112 Å². The van der Waals surface area contributed by atoms with E-state index in [1.54, 1.807) is 6.92 Å². The van der Waals surface area contributed by atoms with Gasteiger partial charge >= 0.3 is 0 Å². The van der Waals surface area contributed by atoms with Crippen molar-refractivity contribution in [3.63, 3.8) is 0 Å². The van der Waals surface area contributed by atoms with Crippen molar-refractivity contribution in [3.05, 3.63) is 30.3 Å². The molecule has 1 aromatic carbocycles. The molecule has 0 saturated heterocycles. The van der Waals surface area contributed by atoms with Crippen molar-refractivity contribution in [2.75, 3.05) is 0 Å². The van der Waals surface area contributed by atoms with E-state index in [1.165, 1.54) is 75.5 Å². The molecule has 5 rings (SSSR count). The van der Waals surface area contributed by atoms with Crippen molar-refractivity contribution in [1.29, 1.82) is 0 Å². The fraction of sp³-hybridized carbons (Fsp3) is 0.800. The molecule has 0 radical (unpaired) electrons. The summed E-state index contributed by atoms with van der Waals surface area (Å²) >= 11 is 2.01. The molecule has 1 amide bonds. The van der Waals surface area contributed by atoms with Crippen LogP contribution < -0.4 is 5.32 Å². The van der Waals surface area contributed by atoms with Gasteiger partial charge in [0.25, 0.3) is 0 Å². The molecule has 3 heteroatoms. The summed E-state index contributed by atoms with van der Waals surface area (Å²) in [7, 11) is 0. The van der Waals surface area contributed by atoms with Gasteiger partial charge in [-0.1, -0.05) is 72.1 Å². The average Bonchev–Trinajstić information content (AvgIpc) is 3.22. The summed E-state index contributed by atoms with van der Waals surface area (Å²) in [6.45, 7) is 14.4. The van der Waals surface area contributed by atoms with E-state index in [0.29, 0.717) is 16.1 Å². The van der Waals surface area contributed by atoms with Crippen molar-refractivity contribution in [2.45, 2.75) is 128 Å². The predicted molar refractivity (Wildman–Crippen MR) is 162 cm³/mol. The third kappa shape index (κ3) is 5.48. The second kappa shape index (κ2) is 11.5. The minimum atomic E-state index is 0.143. The highest BCUT2D eigenvalue weighted by molar-refractivity contribution is 8.00. The number of hydrogen-bond acceptors (Lipinski definition) is 2. The summed E-state index contributed by atoms with van der Waals surface area (Å²) in [6, 6.07) is 11.2. The lowest BCUT2D eigenvalue weighted by atomic mass is 9.44. The van der Waals surface area contributed by atoms with Gasteiger partial charge in [0.1, 0.15) is 0 Å². The molecule has 0 aliphatic heterocycles. The summed E-state index contributed by atoms with van der Waals surface area (Å²) in [6.07, 6.45) is 15.3. The first-order chi connectivity index (χ1) is 18.1. The van der Waals surface area contributed by atoms with E-state index in [0.717, 1.165) is 41.4 Å². The Morgan fingerprint density at radius 3 is 2.42 bits per heavy atom. The van der Waals surface area contributed by atoms with Crippen molar-refractivity contribution in [1.82, 2.24) is 5.32 Å². The summed E-state index contributed by atoms with van der Waals surface area (Å²) < 4.78 is 0. The fourth-order valence-electron chi connectivity index (χ4n) is 10.5. The number of carbonyl (C=O) groups is 1. The van der Waals surface area contributed by atoms with E-state index in [-0.39, 0.29) is 11.9 Å². The molecule has 1 N–H and O–H groups in total. The summed E-state index contributed by atoms with van der Waals surface area (Å²) in [5.74, 6) is 6.25. The van der Waals surface area contributed by atoms with E-state index < -0.39 is 0 Å². The van der Waals surface area contributed by atoms with Gasteiger partial charge in [0, 0.05) is 23.1 Å². The first kappa shape index (κ1) is 28.6. The molecule has 38 heavy (non-hydrogen) atoms. The molecule has 4 aliphatic carbocycles. The lowest BCUT2D eigenvalue weighted by Gasteiger charge is -2.62. The molecule has 4 saturated carbocycles. The average molecular weight is 538 g/mol. The van der Waals surface area contributed by atoms with Crippen LogP contribution in [0, 0.1) is 52.3 Å². The first-order valence-electron chi connectivity index (χ1n) is 16.1. The molecule has 1 aromatic rings. The van der Waals surface area contributed by atoms with E-state index in [1.807, 2.05) is 11.8 Å². The molecular weight excluding hydrogens is 482 g/mol. The van der Waals surface area contributed by atoms with Crippen molar-refractivity contribution >= 4 is 17.7 Å². The molecule has 212 valence electrons. The molecule has 4 aliphatic rings. The lowest BCUT2D eigenvalue weighted by Crippen LogP contribution is -2.59. The summed E-state index contributed by atoms with van der Waals surface area (Å²) in [5.41, 5.74) is 0.922. The highest BCUT2D eigenvalue weighted by atomic mass is 32.2. The second-order valence-electron chi connectivity index (χ2n) is 14.9. The number of carbonyl (C=O) groups excluding carboxylic acids is 1. The zero-order valence-electron chi connectivity index (χ0n) is 25.2. The van der Waals surface area contributed by atoms with Crippen molar-refractivity contribution in [3.8, 4) is 0 Å². The molecule has 0 unspecified atom stereocenters. The molecule has 0 heterocycles. The standard InChI is InChI=1S/C35H55NOS/c1-23(2)11-10-12-24(3)29-17-18-30-28-16-15-26-21-33(38-27-13-8-7-9-14-27)32(36-25(4)37)22-35(26,6)31(28)19-20-34(29,30)5/h7-9,13-14,23-24,26,28-33H,10-12,15-22H2,1-6H3,(H,36,37)/t24-,26+,28+,29-,30+,31+,32+,33+,34-,35+/m1/s1. The van der Waals surface area contributed by atoms with Gasteiger partial charge in [-0.3, -0.25) is 4.79 Å². The molecule has 2 nitrogen and oxygen atoms in total. The van der Waals surface area contributed by atoms with Crippen LogP contribution in [0.15, 0.2) is 35.2 Å². The van der Waals surface area contributed by atoms with Crippen LogP contribution >= 0.6 is 11.8 Å². The van der Waals surface area contributed by atoms with Crippen LogP contribution in [-0.2, 0) is 4.79 Å². The number of nitrogens with one attached hydrogen (secondary N) is 1. The topological polar surface area (TPSA) is 29.1 Å². The maximum absolute atomic E-state index is 12.3. The van der Waals surface area contributed by atoms with E-state index in [2.05, 4.69) is 70.3 Å². The fourth-order valence-corrected chi connectivity index (χ4v) is 11.8. The van der Waals surface area contributed by atoms with Gasteiger partial charge in [-0.2, -0.15) is 0 Å². The minimum absolute atomic E-state index is 0.143. The third-order valence-corrected chi connectivity index (χ3v) is 13.7. The van der Waals surface area contributed by atoms with Gasteiger partial charge in [0.2, 0.25) is 5.91 Å². The number of fused-ring (bicyclic) bond motifs is 5. The Morgan fingerprint density at radius 2 is 1.71 bits per heavy atom. The van der Waals surface area contributed by atoms with E-state index in [9.17, 15) is 4.79 Å². The van der Waals surface area contributed by atoms with Crippen molar-refractivity contribution < 1.29 is 4.79 Å². The summed E-state index contributed by atoms with van der Waals surface area (Å²) in [4.78, 5) is 13.7. The Bertz CT molecular complexity index is 947. The maximum Gasteiger partial charge on any atom is 0.217 e. The molecular formula is C35H55NOS. The normalized spacial score (nSPS) is 41.2. The Hall–Kier alpha value is -0.960. The highest BCUT2D eigenvalue weighted by Crippen LogP contribution is 2.68. The first-order valence-corrected chi connectivity index (χ1v) is 17.0. The van der Waals surface area contributed by atoms with Gasteiger partial charge in [-0.15, -0.1) is 11.8 Å². The van der Waals surface area contributed by atoms with Gasteiger partial charge in [0.15, 0.2) is 0 Å². The Balaban J connectivity index is 1.31. The maximum atomic E-state index is 12.3. The van der Waals surface area contributed by atoms with Crippen LogP contribution in [0.2, 0.25) is 0 Å². The van der Waals surface area contributed by atoms with Crippen LogP contribution in [0.25, 0.3) is 0 Å². The van der Waals surface area contributed by atoms with Crippen LogP contribution in [0.3, 0.4) is 0 Å². The lowest BCUT2D eigenvalue weighted by molar-refractivity contribution is -0.126. The number of thioether (sulfide) groups is 1. The third-order valence-electron chi connectivity index (χ3n) is 12.3. The molecule has 0 bridgehead atoms. The highest BCUT2D eigenvalue weighted by Gasteiger charge is 2.61. The molecule has 0 spiro atoms. The zero-order valence-corrected chi connectivity index (χ0v) is 26.0. The second-order valence-corrected chi connectivity index (χ2v) is 16.2. The van der Waals surface area contributed by atoms with Crippen LogP contribution in [0.4, 0.5) is 0 Å². The molecule has 4 fully saturated rings. The van der Waals surface area contributed by atoms with E-state index in [4.69, 9.17) is 0 Å². The number of hydrogen-bond donors (Lipinski definition) is 1. The smallest absolute Gasteiger partial charge is 0.217 e. The minimum Gasteiger partial charge on any atom is -0.352 e. The predicted octanol–water partition coefficient (Wildman–Crippen LogP) is 9.38. The Labute approximate surface area is 238 Å². The van der Waals surface area contributed by atoms with Gasteiger partial charge < -0.3 is 5.32 Å². The quantitative estimate of drug-likeness (QED) is 0.358. The zero-order chi connectivity index (χ0) is 27.1. The van der Waals surface area contributed by atoms with Crippen LogP contribution in [-0.4, -0.2) is 17.2 Å². The van der Waals surface area contributed by atoms with Crippen molar-refractivity contribution in [2.24, 2.45) is 52.3 Å². The molecule has 10 atom stereocenters. The van der Waals surface area contributed by atoms with Crippen LogP contribution in [0.5, 0.6) is 0 Å². The Morgan fingerprint density at radius 1 is 0.974 bits per heavy atom. The van der Waals surface area contributed by atoms with Gasteiger partial charge in [0.05, 0.1) is 0 Å². The largest absolute Gasteiger partial charge is 0.352 e. The van der Waals surface area contributed by atoms with Gasteiger partial charge in [-0.25, -0.2) is 0 Å². The number of benzene rings is 1. The van der Waals surface area contributed by atoms with E-state index >= 15 is 0 Å². The SMILES string of the molecule is CC(=O)N[C@H]1C[C@@]2(C)[C@@H](CC[C@@H]3[C@@H]2CC[C@]2(C)[C@@H]([C@H](C)CCCC(C)C)CC[C@@H]32)C[C@@H]1Sc1ccccc1. The Kier molecular flexibility index (Phi) is 8.64. The summed E-state index contributed by atoms with van der Waals surface area (Å²) in [5, 5.41) is 3.93. The monoisotopic (exact) mass is 537 g/mol. The van der Waals surface area contributed by atoms with Gasteiger partial charge in [-0.05, 0) is 116 Å². The molecule has 0 aromatic heterocycles. The number of amides is 1. The number of rotatable bonds is 8.